The van der Waals surface area contributed by atoms with E-state index in [0.717, 1.165) is 24.9 Å². The molecule has 1 N–H and O–H groups in total. The molecule has 0 spiro atoms. The van der Waals surface area contributed by atoms with Crippen LogP contribution in [0.4, 0.5) is 0 Å². The van der Waals surface area contributed by atoms with Crippen LogP contribution in [-0.2, 0) is 4.79 Å². The molecular formula is C17H25NO4. The zero-order valence-corrected chi connectivity index (χ0v) is 13.5. The van der Waals surface area contributed by atoms with Crippen LogP contribution in [0.1, 0.15) is 44.7 Å². The summed E-state index contributed by atoms with van der Waals surface area (Å²) < 4.78 is 10.9. The van der Waals surface area contributed by atoms with Crippen molar-refractivity contribution in [2.45, 2.75) is 45.2 Å². The molecule has 1 fully saturated rings. The van der Waals surface area contributed by atoms with Gasteiger partial charge in [0, 0.05) is 6.04 Å². The molecule has 122 valence electrons. The number of carbonyl (C=O) groups is 1. The second kappa shape index (κ2) is 7.49. The van der Waals surface area contributed by atoms with Crippen LogP contribution in [0.25, 0.3) is 0 Å². The Kier molecular flexibility index (Phi) is 5.66. The van der Waals surface area contributed by atoms with Crippen LogP contribution < -0.4 is 9.47 Å². The van der Waals surface area contributed by atoms with E-state index in [0.29, 0.717) is 24.5 Å². The normalized spacial score (nSPS) is 20.4. The van der Waals surface area contributed by atoms with Gasteiger partial charge in [-0.15, -0.1) is 0 Å². The third kappa shape index (κ3) is 3.53. The summed E-state index contributed by atoms with van der Waals surface area (Å²) >= 11 is 0. The number of carboxylic acids is 1. The van der Waals surface area contributed by atoms with Gasteiger partial charge in [-0.1, -0.05) is 12.5 Å². The fourth-order valence-corrected chi connectivity index (χ4v) is 3.10. The summed E-state index contributed by atoms with van der Waals surface area (Å²) in [7, 11) is 1.62. The number of methoxy groups -OCH3 is 1. The lowest BCUT2D eigenvalue weighted by atomic mass is 9.97. The largest absolute Gasteiger partial charge is 0.493 e. The summed E-state index contributed by atoms with van der Waals surface area (Å²) in [6.45, 7) is 5.36. The molecule has 1 aromatic rings. The maximum absolute atomic E-state index is 11.5. The van der Waals surface area contributed by atoms with Crippen molar-refractivity contribution >= 4 is 5.97 Å². The third-order valence-electron chi connectivity index (χ3n) is 4.30. The van der Waals surface area contributed by atoms with E-state index < -0.39 is 12.0 Å². The van der Waals surface area contributed by atoms with Crippen molar-refractivity contribution in [2.24, 2.45) is 0 Å². The molecule has 2 atom stereocenters. The predicted octanol–water partition coefficient (Wildman–Crippen LogP) is 3.09. The van der Waals surface area contributed by atoms with Crippen molar-refractivity contribution in [3.05, 3.63) is 23.8 Å². The van der Waals surface area contributed by atoms with Crippen molar-refractivity contribution in [3.8, 4) is 11.5 Å². The van der Waals surface area contributed by atoms with Crippen LogP contribution in [0.5, 0.6) is 11.5 Å². The van der Waals surface area contributed by atoms with Gasteiger partial charge in [0.15, 0.2) is 11.5 Å². The Hall–Kier alpha value is -1.75. The molecule has 0 aromatic heterocycles. The molecule has 1 aliphatic rings. The Bertz CT molecular complexity index is 517. The van der Waals surface area contributed by atoms with Gasteiger partial charge >= 0.3 is 5.97 Å². The zero-order valence-electron chi connectivity index (χ0n) is 13.5. The van der Waals surface area contributed by atoms with E-state index in [1.807, 2.05) is 25.1 Å². The van der Waals surface area contributed by atoms with Crippen LogP contribution in [-0.4, -0.2) is 42.3 Å². The maximum atomic E-state index is 11.5. The van der Waals surface area contributed by atoms with Crippen LogP contribution in [0.3, 0.4) is 0 Å². The first-order valence-corrected chi connectivity index (χ1v) is 7.87. The fourth-order valence-electron chi connectivity index (χ4n) is 3.10. The first-order chi connectivity index (χ1) is 10.6. The smallest absolute Gasteiger partial charge is 0.320 e. The highest BCUT2D eigenvalue weighted by Crippen LogP contribution is 2.34. The van der Waals surface area contributed by atoms with Gasteiger partial charge in [-0.2, -0.15) is 0 Å². The molecule has 1 aliphatic heterocycles. The molecule has 0 bridgehead atoms. The molecule has 1 saturated heterocycles. The number of hydrogen-bond acceptors (Lipinski definition) is 4. The first-order valence-electron chi connectivity index (χ1n) is 7.87. The number of piperidine rings is 1. The highest BCUT2D eigenvalue weighted by atomic mass is 16.5. The van der Waals surface area contributed by atoms with Gasteiger partial charge < -0.3 is 14.6 Å². The Labute approximate surface area is 131 Å². The molecule has 1 aromatic carbocycles. The van der Waals surface area contributed by atoms with E-state index in [1.165, 1.54) is 0 Å². The number of benzene rings is 1. The van der Waals surface area contributed by atoms with Gasteiger partial charge in [-0.25, -0.2) is 0 Å². The average molecular weight is 307 g/mol. The van der Waals surface area contributed by atoms with E-state index in [1.54, 1.807) is 7.11 Å². The van der Waals surface area contributed by atoms with Crippen LogP contribution >= 0.6 is 0 Å². The molecule has 22 heavy (non-hydrogen) atoms. The predicted molar refractivity (Wildman–Crippen MR) is 84.6 cm³/mol. The third-order valence-corrected chi connectivity index (χ3v) is 4.30. The van der Waals surface area contributed by atoms with Crippen LogP contribution in [0, 0.1) is 0 Å². The van der Waals surface area contributed by atoms with Gasteiger partial charge in [-0.3, -0.25) is 9.69 Å². The number of aliphatic carboxylic acids is 1. The molecule has 5 heteroatoms. The fraction of sp³-hybridized carbons (Fsp3) is 0.588. The van der Waals surface area contributed by atoms with E-state index in [2.05, 4.69) is 11.8 Å². The average Bonchev–Trinajstić information content (AvgIpc) is 2.54. The minimum absolute atomic E-state index is 0.0338. The van der Waals surface area contributed by atoms with Crippen molar-refractivity contribution in [2.75, 3.05) is 20.3 Å². The Morgan fingerprint density at radius 3 is 2.82 bits per heavy atom. The number of rotatable bonds is 6. The second-order valence-electron chi connectivity index (χ2n) is 5.61. The van der Waals surface area contributed by atoms with Gasteiger partial charge in [0.1, 0.15) is 6.04 Å². The highest BCUT2D eigenvalue weighted by molar-refractivity contribution is 5.73. The van der Waals surface area contributed by atoms with Crippen LogP contribution in [0.2, 0.25) is 0 Å². The van der Waals surface area contributed by atoms with Gasteiger partial charge in [-0.05, 0) is 50.9 Å². The number of carboxylic acid groups (broad SMARTS) is 1. The number of nitrogens with zero attached hydrogens (tertiary/aromatic N) is 1. The standard InChI is InChI=1S/C17H25NO4/c1-4-22-16-11-13(8-9-15(16)21-3)12(2)18-10-6-5-7-14(18)17(19)20/h8-9,11-12,14H,4-7,10H2,1-3H3,(H,19,20). The van der Waals surface area contributed by atoms with Crippen molar-refractivity contribution in [3.63, 3.8) is 0 Å². The first kappa shape index (κ1) is 16.6. The van der Waals surface area contributed by atoms with E-state index >= 15 is 0 Å². The minimum atomic E-state index is -0.731. The van der Waals surface area contributed by atoms with E-state index in [4.69, 9.17) is 9.47 Å². The maximum Gasteiger partial charge on any atom is 0.320 e. The molecule has 0 saturated carbocycles. The molecule has 0 aliphatic carbocycles. The molecule has 1 heterocycles. The summed E-state index contributed by atoms with van der Waals surface area (Å²) in [4.78, 5) is 13.6. The van der Waals surface area contributed by atoms with Crippen molar-refractivity contribution in [1.82, 2.24) is 4.90 Å². The minimum Gasteiger partial charge on any atom is -0.493 e. The molecule has 0 radical (unpaired) electrons. The number of likely N-dealkylation sites (tertiary alicyclic amines) is 1. The topological polar surface area (TPSA) is 59.0 Å². The Morgan fingerprint density at radius 1 is 1.41 bits per heavy atom. The van der Waals surface area contributed by atoms with Gasteiger partial charge in [0.2, 0.25) is 0 Å². The molecule has 0 amide bonds. The Morgan fingerprint density at radius 2 is 2.18 bits per heavy atom. The number of ether oxygens (including phenoxy) is 2. The zero-order chi connectivity index (χ0) is 16.1. The van der Waals surface area contributed by atoms with E-state index in [9.17, 15) is 9.90 Å². The lowest BCUT2D eigenvalue weighted by Gasteiger charge is -2.37. The summed E-state index contributed by atoms with van der Waals surface area (Å²) in [5.74, 6) is 0.676. The Balaban J connectivity index is 2.25. The van der Waals surface area contributed by atoms with Gasteiger partial charge in [0.25, 0.3) is 0 Å². The lowest BCUT2D eigenvalue weighted by molar-refractivity contribution is -0.145. The monoisotopic (exact) mass is 307 g/mol. The summed E-state index contributed by atoms with van der Waals surface area (Å²) in [5, 5.41) is 9.44. The SMILES string of the molecule is CCOc1cc(C(C)N2CCCCC2C(=O)O)ccc1OC. The van der Waals surface area contributed by atoms with Gasteiger partial charge in [0.05, 0.1) is 13.7 Å². The van der Waals surface area contributed by atoms with Crippen LogP contribution in [0.15, 0.2) is 18.2 Å². The second-order valence-corrected chi connectivity index (χ2v) is 5.61. The lowest BCUT2D eigenvalue weighted by Crippen LogP contribution is -2.45. The van der Waals surface area contributed by atoms with Crippen molar-refractivity contribution < 1.29 is 19.4 Å². The summed E-state index contributed by atoms with van der Waals surface area (Å²) in [6.07, 6.45) is 2.74. The quantitative estimate of drug-likeness (QED) is 0.875. The number of hydrogen-bond donors (Lipinski definition) is 1. The van der Waals surface area contributed by atoms with E-state index in [-0.39, 0.29) is 6.04 Å². The summed E-state index contributed by atoms with van der Waals surface area (Å²) in [6, 6.07) is 5.46. The molecule has 5 nitrogen and oxygen atoms in total. The molecule has 2 rings (SSSR count). The highest BCUT2D eigenvalue weighted by Gasteiger charge is 2.32. The van der Waals surface area contributed by atoms with Crippen molar-refractivity contribution in [1.29, 1.82) is 0 Å². The molecule has 2 unspecified atom stereocenters. The molecular weight excluding hydrogens is 282 g/mol. The summed E-state index contributed by atoms with van der Waals surface area (Å²) in [5.41, 5.74) is 1.05.